The fourth-order valence-electron chi connectivity index (χ4n) is 2.99. The van der Waals surface area contributed by atoms with Gasteiger partial charge in [-0.2, -0.15) is 0 Å². The summed E-state index contributed by atoms with van der Waals surface area (Å²) in [7, 11) is 0. The number of carbonyl (C=O) groups excluding carboxylic acids is 1. The first-order valence-electron chi connectivity index (χ1n) is 9.76. The summed E-state index contributed by atoms with van der Waals surface area (Å²) in [5, 5.41) is 3.06. The summed E-state index contributed by atoms with van der Waals surface area (Å²) in [4.78, 5) is 12.6. The lowest BCUT2D eigenvalue weighted by atomic mass is 9.86. The molecule has 0 saturated heterocycles. The Labute approximate surface area is 164 Å². The van der Waals surface area contributed by atoms with E-state index < -0.39 is 6.10 Å². The lowest BCUT2D eigenvalue weighted by molar-refractivity contribution is -0.127. The van der Waals surface area contributed by atoms with Crippen molar-refractivity contribution in [3.63, 3.8) is 0 Å². The molecule has 146 valence electrons. The number of amides is 1. The van der Waals surface area contributed by atoms with Gasteiger partial charge in [-0.25, -0.2) is 0 Å². The van der Waals surface area contributed by atoms with Gasteiger partial charge in [0.2, 0.25) is 0 Å². The minimum atomic E-state index is -0.554. The van der Waals surface area contributed by atoms with Gasteiger partial charge in [-0.1, -0.05) is 77.1 Å². The maximum absolute atomic E-state index is 12.6. The highest BCUT2D eigenvalue weighted by Gasteiger charge is 2.20. The third-order valence-electron chi connectivity index (χ3n) is 4.85. The first-order valence-corrected chi connectivity index (χ1v) is 9.76. The van der Waals surface area contributed by atoms with E-state index in [1.165, 1.54) is 5.56 Å². The smallest absolute Gasteiger partial charge is 0.261 e. The van der Waals surface area contributed by atoms with E-state index in [2.05, 4.69) is 64.2 Å². The monoisotopic (exact) mass is 367 g/mol. The third kappa shape index (κ3) is 5.59. The van der Waals surface area contributed by atoms with Crippen molar-refractivity contribution in [2.75, 3.05) is 0 Å². The van der Waals surface area contributed by atoms with Crippen molar-refractivity contribution in [3.05, 3.63) is 65.2 Å². The van der Waals surface area contributed by atoms with Gasteiger partial charge >= 0.3 is 0 Å². The molecule has 0 unspecified atom stereocenters. The van der Waals surface area contributed by atoms with Crippen LogP contribution in [0.4, 0.5) is 0 Å². The van der Waals surface area contributed by atoms with Crippen molar-refractivity contribution in [2.45, 2.75) is 71.9 Å². The molecule has 0 saturated carbocycles. The highest BCUT2D eigenvalue weighted by atomic mass is 16.5. The SMILES string of the molecule is CC(C)c1ccccc1O[C@H](C)C(=O)N[C@H](C)c1ccc(C(C)(C)C)cc1. The molecule has 0 radical (unpaired) electrons. The first kappa shape index (κ1) is 21.0. The summed E-state index contributed by atoms with van der Waals surface area (Å²) in [5.74, 6) is 1.01. The molecule has 0 aliphatic heterocycles. The van der Waals surface area contributed by atoms with Crippen LogP contribution in [0, 0.1) is 0 Å². The molecule has 0 aromatic heterocycles. The molecule has 1 N–H and O–H groups in total. The molecule has 0 heterocycles. The van der Waals surface area contributed by atoms with Gasteiger partial charge in [0.15, 0.2) is 6.10 Å². The molecule has 2 atom stereocenters. The second kappa shape index (κ2) is 8.60. The Bertz CT molecular complexity index is 757. The number of carbonyl (C=O) groups is 1. The molecular formula is C24H33NO2. The van der Waals surface area contributed by atoms with Gasteiger partial charge in [-0.15, -0.1) is 0 Å². The second-order valence-corrected chi connectivity index (χ2v) is 8.55. The molecule has 0 aliphatic rings. The molecular weight excluding hydrogens is 334 g/mol. The maximum atomic E-state index is 12.6. The summed E-state index contributed by atoms with van der Waals surface area (Å²) < 4.78 is 5.96. The standard InChI is InChI=1S/C24H33NO2/c1-16(2)21-10-8-9-11-22(21)27-18(4)23(26)25-17(3)19-12-14-20(15-13-19)24(5,6)7/h8-18H,1-7H3,(H,25,26)/t17-,18-/m1/s1. The van der Waals surface area contributed by atoms with Crippen LogP contribution in [0.15, 0.2) is 48.5 Å². The van der Waals surface area contributed by atoms with E-state index in [1.807, 2.05) is 31.2 Å². The Balaban J connectivity index is 2.02. The molecule has 27 heavy (non-hydrogen) atoms. The minimum Gasteiger partial charge on any atom is -0.481 e. The molecule has 0 bridgehead atoms. The number of ether oxygens (including phenoxy) is 1. The summed E-state index contributed by atoms with van der Waals surface area (Å²) in [6.07, 6.45) is -0.554. The van der Waals surface area contributed by atoms with Crippen LogP contribution in [0.3, 0.4) is 0 Å². The van der Waals surface area contributed by atoms with E-state index in [0.29, 0.717) is 5.92 Å². The Kier molecular flexibility index (Phi) is 6.69. The van der Waals surface area contributed by atoms with Crippen molar-refractivity contribution < 1.29 is 9.53 Å². The molecule has 3 heteroatoms. The predicted octanol–water partition coefficient (Wildman–Crippen LogP) is 5.75. The number of hydrogen-bond donors (Lipinski definition) is 1. The van der Waals surface area contributed by atoms with Crippen molar-refractivity contribution in [2.24, 2.45) is 0 Å². The lowest BCUT2D eigenvalue weighted by Gasteiger charge is -2.22. The average Bonchev–Trinajstić information content (AvgIpc) is 2.61. The van der Waals surface area contributed by atoms with E-state index >= 15 is 0 Å². The summed E-state index contributed by atoms with van der Waals surface area (Å²) in [6.45, 7) is 14.6. The number of para-hydroxylation sites is 1. The summed E-state index contributed by atoms with van der Waals surface area (Å²) in [5.41, 5.74) is 3.61. The number of rotatable bonds is 6. The fraction of sp³-hybridized carbons (Fsp3) is 0.458. The zero-order valence-electron chi connectivity index (χ0n) is 17.7. The maximum Gasteiger partial charge on any atom is 0.261 e. The highest BCUT2D eigenvalue weighted by Crippen LogP contribution is 2.27. The zero-order valence-corrected chi connectivity index (χ0v) is 17.7. The molecule has 2 aromatic rings. The van der Waals surface area contributed by atoms with Gasteiger partial charge in [0.1, 0.15) is 5.75 Å². The quantitative estimate of drug-likeness (QED) is 0.706. The largest absolute Gasteiger partial charge is 0.481 e. The fourth-order valence-corrected chi connectivity index (χ4v) is 2.99. The van der Waals surface area contributed by atoms with Gasteiger partial charge in [-0.05, 0) is 47.9 Å². The van der Waals surface area contributed by atoms with Crippen molar-refractivity contribution in [3.8, 4) is 5.75 Å². The van der Waals surface area contributed by atoms with Gasteiger partial charge in [0.25, 0.3) is 5.91 Å². The number of hydrogen-bond acceptors (Lipinski definition) is 2. The van der Waals surface area contributed by atoms with Crippen molar-refractivity contribution in [1.82, 2.24) is 5.32 Å². The van der Waals surface area contributed by atoms with Crippen LogP contribution >= 0.6 is 0 Å². The van der Waals surface area contributed by atoms with Crippen LogP contribution in [-0.2, 0) is 10.2 Å². The lowest BCUT2D eigenvalue weighted by Crippen LogP contribution is -2.38. The Hall–Kier alpha value is -2.29. The topological polar surface area (TPSA) is 38.3 Å². The van der Waals surface area contributed by atoms with Crippen LogP contribution < -0.4 is 10.1 Å². The van der Waals surface area contributed by atoms with E-state index in [-0.39, 0.29) is 17.4 Å². The Morgan fingerprint density at radius 1 is 0.926 bits per heavy atom. The van der Waals surface area contributed by atoms with Gasteiger partial charge in [0, 0.05) is 0 Å². The van der Waals surface area contributed by atoms with Crippen LogP contribution in [-0.4, -0.2) is 12.0 Å². The normalized spacial score (nSPS) is 13.9. The molecule has 0 fully saturated rings. The molecule has 3 nitrogen and oxygen atoms in total. The molecule has 2 rings (SSSR count). The van der Waals surface area contributed by atoms with Gasteiger partial charge in [-0.3, -0.25) is 4.79 Å². The first-order chi connectivity index (χ1) is 12.6. The van der Waals surface area contributed by atoms with Gasteiger partial charge < -0.3 is 10.1 Å². The average molecular weight is 368 g/mol. The van der Waals surface area contributed by atoms with Crippen LogP contribution in [0.1, 0.15) is 77.1 Å². The van der Waals surface area contributed by atoms with Crippen LogP contribution in [0.5, 0.6) is 5.75 Å². The Morgan fingerprint density at radius 2 is 1.52 bits per heavy atom. The molecule has 2 aromatic carbocycles. The van der Waals surface area contributed by atoms with E-state index in [4.69, 9.17) is 4.74 Å². The summed E-state index contributed by atoms with van der Waals surface area (Å²) >= 11 is 0. The van der Waals surface area contributed by atoms with E-state index in [9.17, 15) is 4.79 Å². The zero-order chi connectivity index (χ0) is 20.2. The highest BCUT2D eigenvalue weighted by molar-refractivity contribution is 5.81. The molecule has 0 spiro atoms. The van der Waals surface area contributed by atoms with Crippen LogP contribution in [0.2, 0.25) is 0 Å². The summed E-state index contributed by atoms with van der Waals surface area (Å²) in [6, 6.07) is 16.3. The van der Waals surface area contributed by atoms with E-state index in [0.717, 1.165) is 16.9 Å². The number of nitrogens with one attached hydrogen (secondary N) is 1. The van der Waals surface area contributed by atoms with Crippen molar-refractivity contribution in [1.29, 1.82) is 0 Å². The second-order valence-electron chi connectivity index (χ2n) is 8.55. The molecule has 0 aliphatic carbocycles. The third-order valence-corrected chi connectivity index (χ3v) is 4.85. The number of benzene rings is 2. The Morgan fingerprint density at radius 3 is 2.07 bits per heavy atom. The van der Waals surface area contributed by atoms with Gasteiger partial charge in [0.05, 0.1) is 6.04 Å². The minimum absolute atomic E-state index is 0.0714. The van der Waals surface area contributed by atoms with Crippen molar-refractivity contribution >= 4 is 5.91 Å². The van der Waals surface area contributed by atoms with E-state index in [1.54, 1.807) is 6.92 Å². The molecule has 1 amide bonds. The predicted molar refractivity (Wildman–Crippen MR) is 112 cm³/mol. The van der Waals surface area contributed by atoms with Crippen LogP contribution in [0.25, 0.3) is 0 Å².